The Labute approximate surface area is 167 Å². The van der Waals surface area contributed by atoms with Gasteiger partial charge in [0.25, 0.3) is 0 Å². The van der Waals surface area contributed by atoms with Gasteiger partial charge in [0.1, 0.15) is 11.3 Å². The van der Waals surface area contributed by atoms with Gasteiger partial charge in [-0.1, -0.05) is 38.8 Å². The van der Waals surface area contributed by atoms with Gasteiger partial charge in [-0.3, -0.25) is 0 Å². The molecule has 1 aromatic carbocycles. The van der Waals surface area contributed by atoms with Crippen molar-refractivity contribution in [2.75, 3.05) is 23.4 Å². The number of nitrogens with zero attached hydrogens (tertiary/aromatic N) is 4. The highest BCUT2D eigenvalue weighted by Gasteiger charge is 2.15. The highest BCUT2D eigenvalue weighted by atomic mass is 15.2. The van der Waals surface area contributed by atoms with E-state index in [1.54, 1.807) is 0 Å². The van der Waals surface area contributed by atoms with Crippen molar-refractivity contribution >= 4 is 34.3 Å². The molecule has 0 aliphatic rings. The van der Waals surface area contributed by atoms with E-state index >= 15 is 0 Å². The summed E-state index contributed by atoms with van der Waals surface area (Å²) in [5.74, 6) is 1.29. The molecule has 148 valence electrons. The molecular formula is C22H30N6. The molecule has 0 atom stereocenters. The van der Waals surface area contributed by atoms with Gasteiger partial charge >= 0.3 is 0 Å². The number of anilines is 4. The van der Waals surface area contributed by atoms with Gasteiger partial charge in [-0.05, 0) is 55.0 Å². The van der Waals surface area contributed by atoms with Crippen molar-refractivity contribution in [3.8, 4) is 0 Å². The number of aromatic nitrogens is 3. The van der Waals surface area contributed by atoms with Crippen LogP contribution in [0.2, 0.25) is 0 Å². The fraction of sp³-hybridized carbons (Fsp3) is 0.409. The molecule has 6 heteroatoms. The SMILES string of the molecule is CCCCc1cccc(N(C)c2ccc3nc(N)nc(N)c3n2)c1CCCC. The zero-order chi connectivity index (χ0) is 20.1. The van der Waals surface area contributed by atoms with Crippen LogP contribution in [0.5, 0.6) is 0 Å². The van der Waals surface area contributed by atoms with Crippen LogP contribution in [0, 0.1) is 0 Å². The number of fused-ring (bicyclic) bond motifs is 1. The number of nitrogen functional groups attached to an aromatic ring is 2. The van der Waals surface area contributed by atoms with Crippen molar-refractivity contribution in [2.45, 2.75) is 52.4 Å². The van der Waals surface area contributed by atoms with Crippen LogP contribution in [0.3, 0.4) is 0 Å². The average Bonchev–Trinajstić information content (AvgIpc) is 2.70. The maximum absolute atomic E-state index is 6.03. The van der Waals surface area contributed by atoms with Crippen LogP contribution in [0.4, 0.5) is 23.3 Å². The van der Waals surface area contributed by atoms with Crippen molar-refractivity contribution in [3.63, 3.8) is 0 Å². The van der Waals surface area contributed by atoms with E-state index in [9.17, 15) is 0 Å². The second kappa shape index (κ2) is 8.87. The minimum Gasteiger partial charge on any atom is -0.382 e. The van der Waals surface area contributed by atoms with Gasteiger partial charge in [0.15, 0.2) is 5.82 Å². The third kappa shape index (κ3) is 4.16. The molecule has 0 fully saturated rings. The third-order valence-electron chi connectivity index (χ3n) is 5.11. The van der Waals surface area contributed by atoms with Crippen molar-refractivity contribution in [2.24, 2.45) is 0 Å². The van der Waals surface area contributed by atoms with Gasteiger partial charge in [-0.15, -0.1) is 0 Å². The molecule has 0 saturated heterocycles. The Morgan fingerprint density at radius 1 is 0.893 bits per heavy atom. The summed E-state index contributed by atoms with van der Waals surface area (Å²) in [6.45, 7) is 4.47. The Morgan fingerprint density at radius 2 is 1.64 bits per heavy atom. The number of hydrogen-bond acceptors (Lipinski definition) is 6. The maximum Gasteiger partial charge on any atom is 0.222 e. The van der Waals surface area contributed by atoms with E-state index in [-0.39, 0.29) is 5.95 Å². The van der Waals surface area contributed by atoms with Crippen LogP contribution in [-0.2, 0) is 12.8 Å². The first-order valence-corrected chi connectivity index (χ1v) is 10.1. The predicted molar refractivity (Wildman–Crippen MR) is 118 cm³/mol. The summed E-state index contributed by atoms with van der Waals surface area (Å²) in [7, 11) is 2.05. The van der Waals surface area contributed by atoms with E-state index in [1.165, 1.54) is 42.5 Å². The molecule has 0 amide bonds. The first-order valence-electron chi connectivity index (χ1n) is 10.1. The van der Waals surface area contributed by atoms with Gasteiger partial charge in [0.2, 0.25) is 5.95 Å². The summed E-state index contributed by atoms with van der Waals surface area (Å²) in [6, 6.07) is 10.4. The zero-order valence-electron chi connectivity index (χ0n) is 17.1. The molecule has 28 heavy (non-hydrogen) atoms. The number of hydrogen-bond donors (Lipinski definition) is 2. The first kappa shape index (κ1) is 19.9. The summed E-state index contributed by atoms with van der Waals surface area (Å²) >= 11 is 0. The van der Waals surface area contributed by atoms with Gasteiger partial charge in [-0.2, -0.15) is 4.98 Å². The number of rotatable bonds is 8. The highest BCUT2D eigenvalue weighted by Crippen LogP contribution is 2.31. The number of nitrogens with two attached hydrogens (primary N) is 2. The normalized spacial score (nSPS) is 11.1. The van der Waals surface area contributed by atoms with Gasteiger partial charge in [0.05, 0.1) is 5.52 Å². The Kier molecular flexibility index (Phi) is 6.29. The number of unbranched alkanes of at least 4 members (excludes halogenated alkanes) is 2. The highest BCUT2D eigenvalue weighted by molar-refractivity contribution is 5.86. The number of benzene rings is 1. The molecule has 0 bridgehead atoms. The summed E-state index contributed by atoms with van der Waals surface area (Å²) in [6.07, 6.45) is 6.94. The van der Waals surface area contributed by atoms with E-state index in [1.807, 2.05) is 12.1 Å². The van der Waals surface area contributed by atoms with Gasteiger partial charge in [0, 0.05) is 12.7 Å². The molecule has 0 aliphatic carbocycles. The molecule has 0 saturated carbocycles. The summed E-state index contributed by atoms with van der Waals surface area (Å²) < 4.78 is 0. The van der Waals surface area contributed by atoms with E-state index in [0.717, 1.165) is 18.7 Å². The van der Waals surface area contributed by atoms with E-state index in [0.29, 0.717) is 16.9 Å². The predicted octanol–water partition coefficient (Wildman–Crippen LogP) is 4.64. The molecule has 0 radical (unpaired) electrons. The standard InChI is InChI=1S/C22H30N6/c1-4-6-9-15-10-8-12-18(16(15)11-7-5-2)28(3)19-14-13-17-20(26-19)21(23)27-22(24)25-17/h8,10,12-14H,4-7,9,11H2,1-3H3,(H4,23,24,25,27). The Hall–Kier alpha value is -2.89. The van der Waals surface area contributed by atoms with Gasteiger partial charge in [-0.25, -0.2) is 9.97 Å². The second-order valence-corrected chi connectivity index (χ2v) is 7.19. The van der Waals surface area contributed by atoms with Crippen LogP contribution < -0.4 is 16.4 Å². The molecular weight excluding hydrogens is 348 g/mol. The molecule has 2 aromatic heterocycles. The lowest BCUT2D eigenvalue weighted by Gasteiger charge is -2.24. The first-order chi connectivity index (χ1) is 13.5. The molecule has 0 aliphatic heterocycles. The van der Waals surface area contributed by atoms with Crippen LogP contribution in [0.25, 0.3) is 11.0 Å². The van der Waals surface area contributed by atoms with Crippen molar-refractivity contribution in [3.05, 3.63) is 41.5 Å². The monoisotopic (exact) mass is 378 g/mol. The molecule has 0 spiro atoms. The zero-order valence-corrected chi connectivity index (χ0v) is 17.1. The van der Waals surface area contributed by atoms with Crippen LogP contribution >= 0.6 is 0 Å². The average molecular weight is 379 g/mol. The van der Waals surface area contributed by atoms with E-state index in [4.69, 9.17) is 16.5 Å². The number of aryl methyl sites for hydroxylation is 1. The smallest absolute Gasteiger partial charge is 0.222 e. The summed E-state index contributed by atoms with van der Waals surface area (Å²) in [4.78, 5) is 15.1. The van der Waals surface area contributed by atoms with Crippen molar-refractivity contribution in [1.82, 2.24) is 15.0 Å². The maximum atomic E-state index is 6.03. The quantitative estimate of drug-likeness (QED) is 0.593. The molecule has 2 heterocycles. The summed E-state index contributed by atoms with van der Waals surface area (Å²) in [5.41, 5.74) is 17.0. The topological polar surface area (TPSA) is 94.0 Å². The fourth-order valence-corrected chi connectivity index (χ4v) is 3.53. The third-order valence-corrected chi connectivity index (χ3v) is 5.11. The Bertz CT molecular complexity index is 953. The minimum absolute atomic E-state index is 0.165. The fourth-order valence-electron chi connectivity index (χ4n) is 3.53. The molecule has 3 aromatic rings. The van der Waals surface area contributed by atoms with Crippen molar-refractivity contribution in [1.29, 1.82) is 0 Å². The lowest BCUT2D eigenvalue weighted by atomic mass is 9.95. The Balaban J connectivity index is 2.03. The van der Waals surface area contributed by atoms with E-state index < -0.39 is 0 Å². The number of pyridine rings is 1. The summed E-state index contributed by atoms with van der Waals surface area (Å²) in [5, 5.41) is 0. The molecule has 6 nitrogen and oxygen atoms in total. The van der Waals surface area contributed by atoms with Crippen molar-refractivity contribution < 1.29 is 0 Å². The Morgan fingerprint density at radius 3 is 2.39 bits per heavy atom. The van der Waals surface area contributed by atoms with Gasteiger partial charge < -0.3 is 16.4 Å². The molecule has 4 N–H and O–H groups in total. The second-order valence-electron chi connectivity index (χ2n) is 7.19. The lowest BCUT2D eigenvalue weighted by molar-refractivity contribution is 0.757. The molecule has 3 rings (SSSR count). The largest absolute Gasteiger partial charge is 0.382 e. The van der Waals surface area contributed by atoms with Crippen LogP contribution in [0.1, 0.15) is 50.7 Å². The molecule has 0 unspecified atom stereocenters. The van der Waals surface area contributed by atoms with Crippen LogP contribution in [-0.4, -0.2) is 22.0 Å². The minimum atomic E-state index is 0.165. The van der Waals surface area contributed by atoms with E-state index in [2.05, 4.69) is 54.0 Å². The lowest BCUT2D eigenvalue weighted by Crippen LogP contribution is -2.15. The van der Waals surface area contributed by atoms with Crippen LogP contribution in [0.15, 0.2) is 30.3 Å².